The number of imide groups is 1. The summed E-state index contributed by atoms with van der Waals surface area (Å²) in [5.41, 5.74) is 2.51. The molecule has 0 bridgehead atoms. The molecule has 154 valence electrons. The first-order valence-electron chi connectivity index (χ1n) is 9.60. The third-order valence-electron chi connectivity index (χ3n) is 5.56. The van der Waals surface area contributed by atoms with E-state index in [-0.39, 0.29) is 12.5 Å². The van der Waals surface area contributed by atoms with Crippen LogP contribution in [0.2, 0.25) is 0 Å². The fraction of sp³-hybridized carbons (Fsp3) is 0.300. The van der Waals surface area contributed by atoms with E-state index in [1.54, 1.807) is 16.9 Å². The molecule has 1 aromatic carbocycles. The third kappa shape index (κ3) is 3.23. The zero-order valence-corrected chi connectivity index (χ0v) is 15.8. The van der Waals surface area contributed by atoms with E-state index < -0.39 is 29.5 Å². The van der Waals surface area contributed by atoms with E-state index in [4.69, 9.17) is 0 Å². The maximum absolute atomic E-state index is 13.9. The fourth-order valence-corrected chi connectivity index (χ4v) is 3.99. The van der Waals surface area contributed by atoms with Crippen LogP contribution in [0.5, 0.6) is 0 Å². The molecule has 2 N–H and O–H groups in total. The highest BCUT2D eigenvalue weighted by Gasteiger charge is 2.33. The lowest BCUT2D eigenvalue weighted by molar-refractivity contribution is -0.122. The minimum atomic E-state index is -0.598. The van der Waals surface area contributed by atoms with E-state index in [1.807, 2.05) is 6.07 Å². The summed E-state index contributed by atoms with van der Waals surface area (Å²) >= 11 is 0. The number of hydrogen-bond acceptors (Lipinski definition) is 5. The number of anilines is 1. The molecule has 30 heavy (non-hydrogen) atoms. The van der Waals surface area contributed by atoms with Gasteiger partial charge in [-0.1, -0.05) is 6.07 Å². The first kappa shape index (κ1) is 18.5. The minimum absolute atomic E-state index is 0.170. The molecule has 4 heterocycles. The van der Waals surface area contributed by atoms with Gasteiger partial charge in [0.15, 0.2) is 5.65 Å². The molecule has 2 aliphatic heterocycles. The molecule has 5 rings (SSSR count). The van der Waals surface area contributed by atoms with E-state index in [1.165, 1.54) is 12.1 Å². The van der Waals surface area contributed by atoms with Gasteiger partial charge in [0.1, 0.15) is 11.6 Å². The molecule has 0 spiro atoms. The Hall–Kier alpha value is -3.56. The summed E-state index contributed by atoms with van der Waals surface area (Å²) in [6.07, 6.45) is 3.85. The topological polar surface area (TPSA) is 91.6 Å². The highest BCUT2D eigenvalue weighted by molar-refractivity contribution is 6.00. The maximum Gasteiger partial charge on any atom is 0.321 e. The van der Waals surface area contributed by atoms with Crippen LogP contribution in [0, 0.1) is 17.6 Å². The fourth-order valence-electron chi connectivity index (χ4n) is 3.99. The lowest BCUT2D eigenvalue weighted by Crippen LogP contribution is -2.51. The zero-order valence-electron chi connectivity index (χ0n) is 15.8. The van der Waals surface area contributed by atoms with Gasteiger partial charge in [-0.2, -0.15) is 5.10 Å². The number of imidazole rings is 1. The molecule has 2 aliphatic rings. The average molecular weight is 412 g/mol. The lowest BCUT2D eigenvalue weighted by atomic mass is 9.91. The first-order valence-corrected chi connectivity index (χ1v) is 9.60. The lowest BCUT2D eigenvalue weighted by Gasteiger charge is -2.41. The smallest absolute Gasteiger partial charge is 0.321 e. The SMILES string of the molecule is O=C1NCC(c2cc(N3CC(Cc4ccc(F)cc4F)C3)c3nccn3n2)C(=O)N1. The van der Waals surface area contributed by atoms with Crippen LogP contribution in [0.3, 0.4) is 0 Å². The predicted octanol–water partition coefficient (Wildman–Crippen LogP) is 1.61. The Balaban J connectivity index is 1.37. The normalized spacial score (nSPS) is 19.5. The van der Waals surface area contributed by atoms with Gasteiger partial charge in [0, 0.05) is 38.1 Å². The van der Waals surface area contributed by atoms with Gasteiger partial charge in [-0.25, -0.2) is 23.1 Å². The van der Waals surface area contributed by atoms with Crippen molar-refractivity contribution in [2.24, 2.45) is 5.92 Å². The second-order valence-corrected chi connectivity index (χ2v) is 7.61. The van der Waals surface area contributed by atoms with Gasteiger partial charge >= 0.3 is 6.03 Å². The quantitative estimate of drug-likeness (QED) is 0.680. The monoisotopic (exact) mass is 412 g/mol. The van der Waals surface area contributed by atoms with Crippen LogP contribution in [0.4, 0.5) is 19.3 Å². The number of benzene rings is 1. The number of halogens is 2. The van der Waals surface area contributed by atoms with Crippen LogP contribution in [-0.4, -0.2) is 46.2 Å². The van der Waals surface area contributed by atoms with Crippen molar-refractivity contribution in [2.75, 3.05) is 24.5 Å². The van der Waals surface area contributed by atoms with E-state index in [2.05, 4.69) is 25.6 Å². The molecule has 0 saturated carbocycles. The minimum Gasteiger partial charge on any atom is -0.368 e. The van der Waals surface area contributed by atoms with Crippen molar-refractivity contribution in [1.29, 1.82) is 0 Å². The summed E-state index contributed by atoms with van der Waals surface area (Å²) < 4.78 is 28.7. The number of rotatable bonds is 4. The molecule has 0 radical (unpaired) electrons. The van der Waals surface area contributed by atoms with Crippen molar-refractivity contribution in [1.82, 2.24) is 25.2 Å². The Kier molecular flexibility index (Phi) is 4.34. The van der Waals surface area contributed by atoms with E-state index in [9.17, 15) is 18.4 Å². The Morgan fingerprint density at radius 1 is 1.17 bits per heavy atom. The number of nitrogens with one attached hydrogen (secondary N) is 2. The largest absolute Gasteiger partial charge is 0.368 e. The van der Waals surface area contributed by atoms with Crippen molar-refractivity contribution in [3.8, 4) is 0 Å². The van der Waals surface area contributed by atoms with Crippen LogP contribution in [0.25, 0.3) is 5.65 Å². The number of hydrogen-bond donors (Lipinski definition) is 2. The van der Waals surface area contributed by atoms with Gasteiger partial charge in [-0.3, -0.25) is 10.1 Å². The Morgan fingerprint density at radius 3 is 2.77 bits per heavy atom. The zero-order chi connectivity index (χ0) is 20.8. The summed E-state index contributed by atoms with van der Waals surface area (Å²) in [4.78, 5) is 30.0. The number of nitrogens with zero attached hydrogens (tertiary/aromatic N) is 4. The van der Waals surface area contributed by atoms with Crippen LogP contribution in [0.15, 0.2) is 36.7 Å². The van der Waals surface area contributed by atoms with Gasteiger partial charge in [0.25, 0.3) is 0 Å². The highest BCUT2D eigenvalue weighted by Crippen LogP contribution is 2.32. The molecule has 8 nitrogen and oxygen atoms in total. The second-order valence-electron chi connectivity index (χ2n) is 7.61. The van der Waals surface area contributed by atoms with E-state index >= 15 is 0 Å². The number of amides is 3. The van der Waals surface area contributed by atoms with Crippen molar-refractivity contribution < 1.29 is 18.4 Å². The molecule has 3 aromatic rings. The molecule has 1 atom stereocenters. The number of fused-ring (bicyclic) bond motifs is 1. The molecule has 2 aromatic heterocycles. The summed E-state index contributed by atoms with van der Waals surface area (Å²) in [6.45, 7) is 1.52. The van der Waals surface area contributed by atoms with Gasteiger partial charge < -0.3 is 10.2 Å². The molecule has 1 unspecified atom stereocenters. The Bertz CT molecular complexity index is 1160. The number of carbonyl (C=O) groups excluding carboxylic acids is 2. The predicted molar refractivity (Wildman–Crippen MR) is 103 cm³/mol. The van der Waals surface area contributed by atoms with Crippen molar-refractivity contribution >= 4 is 23.3 Å². The average Bonchev–Trinajstić information content (AvgIpc) is 3.14. The maximum atomic E-state index is 13.9. The summed E-state index contributed by atoms with van der Waals surface area (Å²) in [5.74, 6) is -1.89. The number of carbonyl (C=O) groups is 2. The highest BCUT2D eigenvalue weighted by atomic mass is 19.1. The van der Waals surface area contributed by atoms with E-state index in [0.717, 1.165) is 11.8 Å². The summed E-state index contributed by atoms with van der Waals surface area (Å²) in [5, 5.41) is 9.34. The van der Waals surface area contributed by atoms with Crippen LogP contribution in [0.1, 0.15) is 17.2 Å². The second kappa shape index (κ2) is 7.05. The van der Waals surface area contributed by atoms with Gasteiger partial charge in [-0.15, -0.1) is 0 Å². The van der Waals surface area contributed by atoms with Crippen LogP contribution >= 0.6 is 0 Å². The third-order valence-corrected chi connectivity index (χ3v) is 5.56. The molecule has 2 fully saturated rings. The van der Waals surface area contributed by atoms with Crippen molar-refractivity contribution in [2.45, 2.75) is 12.3 Å². The first-order chi connectivity index (χ1) is 14.5. The van der Waals surface area contributed by atoms with Gasteiger partial charge in [0.05, 0.1) is 17.3 Å². The summed E-state index contributed by atoms with van der Waals surface area (Å²) in [6, 6.07) is 4.97. The molecule has 3 amide bonds. The number of urea groups is 1. The molecular weight excluding hydrogens is 394 g/mol. The van der Waals surface area contributed by atoms with Gasteiger partial charge in [-0.05, 0) is 30.0 Å². The molecular formula is C20H18F2N6O2. The summed E-state index contributed by atoms with van der Waals surface area (Å²) in [7, 11) is 0. The number of aromatic nitrogens is 3. The molecule has 2 saturated heterocycles. The Labute approximate surface area is 169 Å². The van der Waals surface area contributed by atoms with Crippen LogP contribution < -0.4 is 15.5 Å². The Morgan fingerprint density at radius 2 is 2.00 bits per heavy atom. The molecule has 0 aliphatic carbocycles. The van der Waals surface area contributed by atoms with Crippen LogP contribution in [-0.2, 0) is 11.2 Å². The van der Waals surface area contributed by atoms with E-state index in [0.29, 0.717) is 36.4 Å². The van der Waals surface area contributed by atoms with Crippen molar-refractivity contribution in [3.63, 3.8) is 0 Å². The molecule has 10 heteroatoms. The standard InChI is InChI=1S/C20H18F2N6O2/c21-13-2-1-12(15(22)6-13)5-11-9-27(10-11)17-7-16(26-28-4-3-23-18(17)28)14-8-24-20(30)25-19(14)29/h1-4,6-7,11,14H,5,8-10H2,(H2,24,25,29,30). The van der Waals surface area contributed by atoms with Gasteiger partial charge in [0.2, 0.25) is 5.91 Å². The van der Waals surface area contributed by atoms with Crippen molar-refractivity contribution in [3.05, 3.63) is 59.6 Å².